The summed E-state index contributed by atoms with van der Waals surface area (Å²) >= 11 is 0. The van der Waals surface area contributed by atoms with E-state index in [4.69, 9.17) is 5.11 Å². The van der Waals surface area contributed by atoms with Crippen LogP contribution in [0.4, 0.5) is 4.39 Å². The van der Waals surface area contributed by atoms with Crippen LogP contribution in [-0.4, -0.2) is 32.8 Å². The van der Waals surface area contributed by atoms with Gasteiger partial charge in [0.1, 0.15) is 5.82 Å². The highest BCUT2D eigenvalue weighted by Crippen LogP contribution is 2.19. The Kier molecular flexibility index (Phi) is 5.33. The first-order valence-electron chi connectivity index (χ1n) is 7.60. The van der Waals surface area contributed by atoms with Crippen LogP contribution in [0.2, 0.25) is 0 Å². The largest absolute Gasteiger partial charge is 0.481 e. The third kappa shape index (κ3) is 4.18. The fraction of sp³-hybridized carbons (Fsp3) is 0.353. The van der Waals surface area contributed by atoms with Gasteiger partial charge in [-0.3, -0.25) is 9.59 Å². The number of aliphatic carboxylic acids is 1. The van der Waals surface area contributed by atoms with E-state index in [9.17, 15) is 14.0 Å². The number of halogens is 1. The van der Waals surface area contributed by atoms with Gasteiger partial charge < -0.3 is 10.4 Å². The maximum atomic E-state index is 13.0. The van der Waals surface area contributed by atoms with E-state index in [1.165, 1.54) is 12.1 Å². The van der Waals surface area contributed by atoms with Crippen LogP contribution in [0.15, 0.2) is 24.3 Å². The predicted octanol–water partition coefficient (Wildman–Crippen LogP) is 2.15. The van der Waals surface area contributed by atoms with Gasteiger partial charge in [-0.15, -0.1) is 0 Å². The number of carbonyl (C=O) groups excluding carboxylic acids is 1. The molecule has 0 saturated carbocycles. The number of amides is 1. The van der Waals surface area contributed by atoms with Crippen molar-refractivity contribution < 1.29 is 19.1 Å². The molecule has 2 rings (SSSR count). The summed E-state index contributed by atoms with van der Waals surface area (Å²) in [4.78, 5) is 22.8. The highest BCUT2D eigenvalue weighted by molar-refractivity contribution is 5.80. The third-order valence-electron chi connectivity index (χ3n) is 3.74. The molecule has 1 aromatic heterocycles. The number of nitrogens with zero attached hydrogens (tertiary/aromatic N) is 2. The van der Waals surface area contributed by atoms with Crippen LogP contribution in [0.25, 0.3) is 5.69 Å². The zero-order valence-electron chi connectivity index (χ0n) is 13.8. The quantitative estimate of drug-likeness (QED) is 0.848. The van der Waals surface area contributed by atoms with E-state index in [0.717, 1.165) is 11.3 Å². The van der Waals surface area contributed by atoms with Gasteiger partial charge in [-0.25, -0.2) is 9.07 Å². The number of hydrogen-bond donors (Lipinski definition) is 2. The van der Waals surface area contributed by atoms with Crippen LogP contribution in [-0.2, 0) is 16.0 Å². The first kappa shape index (κ1) is 17.7. The Labute approximate surface area is 139 Å². The van der Waals surface area contributed by atoms with Crippen LogP contribution in [0, 0.1) is 19.7 Å². The molecule has 1 unspecified atom stereocenters. The maximum Gasteiger partial charge on any atom is 0.305 e. The Bertz CT molecular complexity index is 753. The minimum Gasteiger partial charge on any atom is -0.481 e. The second-order valence-corrected chi connectivity index (χ2v) is 5.78. The summed E-state index contributed by atoms with van der Waals surface area (Å²) in [6.45, 7) is 5.29. The molecule has 0 aliphatic rings. The number of carbonyl (C=O) groups is 2. The summed E-state index contributed by atoms with van der Waals surface area (Å²) in [7, 11) is 0. The van der Waals surface area contributed by atoms with Crippen LogP contribution in [0.5, 0.6) is 0 Å². The molecule has 2 aromatic rings. The molecular formula is C17H20FN3O3. The van der Waals surface area contributed by atoms with Crippen molar-refractivity contribution in [1.82, 2.24) is 15.1 Å². The molecular weight excluding hydrogens is 313 g/mol. The molecule has 0 fully saturated rings. The average molecular weight is 333 g/mol. The minimum absolute atomic E-state index is 0.114. The molecule has 0 spiro atoms. The zero-order chi connectivity index (χ0) is 17.9. The number of carboxylic acids is 1. The SMILES string of the molecule is Cc1nn(-c2ccc(F)cc2)c(C)c1CC(=O)NC(C)CC(=O)O. The standard InChI is InChI=1S/C17H20FN3O3/c1-10(8-17(23)24)19-16(22)9-15-11(2)20-21(12(15)3)14-6-4-13(18)5-7-14/h4-7,10H,8-9H2,1-3H3,(H,19,22)(H,23,24). The van der Waals surface area contributed by atoms with Crippen molar-refractivity contribution in [2.24, 2.45) is 0 Å². The minimum atomic E-state index is -0.959. The summed E-state index contributed by atoms with van der Waals surface area (Å²) < 4.78 is 14.7. The lowest BCUT2D eigenvalue weighted by atomic mass is 10.1. The highest BCUT2D eigenvalue weighted by atomic mass is 19.1. The fourth-order valence-electron chi connectivity index (χ4n) is 2.56. The molecule has 0 saturated heterocycles. The van der Waals surface area contributed by atoms with E-state index in [2.05, 4.69) is 10.4 Å². The third-order valence-corrected chi connectivity index (χ3v) is 3.74. The monoisotopic (exact) mass is 333 g/mol. The second-order valence-electron chi connectivity index (χ2n) is 5.78. The molecule has 24 heavy (non-hydrogen) atoms. The van der Waals surface area contributed by atoms with Gasteiger partial charge >= 0.3 is 5.97 Å². The first-order valence-corrected chi connectivity index (χ1v) is 7.60. The summed E-state index contributed by atoms with van der Waals surface area (Å²) in [6, 6.07) is 5.50. The van der Waals surface area contributed by atoms with Crippen molar-refractivity contribution in [1.29, 1.82) is 0 Å². The lowest BCUT2D eigenvalue weighted by molar-refractivity contribution is -0.137. The van der Waals surface area contributed by atoms with Crippen molar-refractivity contribution in [2.75, 3.05) is 0 Å². The first-order chi connectivity index (χ1) is 11.3. The second kappa shape index (κ2) is 7.25. The van der Waals surface area contributed by atoms with Gasteiger partial charge in [-0.1, -0.05) is 0 Å². The van der Waals surface area contributed by atoms with E-state index >= 15 is 0 Å². The van der Waals surface area contributed by atoms with Crippen LogP contribution in [0.3, 0.4) is 0 Å². The van der Waals surface area contributed by atoms with Crippen molar-refractivity contribution in [2.45, 2.75) is 39.7 Å². The summed E-state index contributed by atoms with van der Waals surface area (Å²) in [5, 5.41) is 15.8. The van der Waals surface area contributed by atoms with Crippen LogP contribution >= 0.6 is 0 Å². The molecule has 0 radical (unpaired) electrons. The molecule has 6 nitrogen and oxygen atoms in total. The van der Waals surface area contributed by atoms with Gasteiger partial charge in [0.25, 0.3) is 0 Å². The van der Waals surface area contributed by atoms with Crippen LogP contribution < -0.4 is 5.32 Å². The fourth-order valence-corrected chi connectivity index (χ4v) is 2.56. The summed E-state index contributed by atoms with van der Waals surface area (Å²) in [5.41, 5.74) is 2.99. The van der Waals surface area contributed by atoms with Gasteiger partial charge in [0.15, 0.2) is 0 Å². The summed E-state index contributed by atoms with van der Waals surface area (Å²) in [6.07, 6.45) is -0.0125. The van der Waals surface area contributed by atoms with Crippen molar-refractivity contribution in [3.63, 3.8) is 0 Å². The molecule has 7 heteroatoms. The molecule has 1 atom stereocenters. The van der Waals surface area contributed by atoms with Gasteiger partial charge in [0.2, 0.25) is 5.91 Å². The van der Waals surface area contributed by atoms with Crippen molar-refractivity contribution in [3.8, 4) is 5.69 Å². The number of nitrogens with one attached hydrogen (secondary N) is 1. The Morgan fingerprint density at radius 1 is 1.29 bits per heavy atom. The molecule has 0 bridgehead atoms. The van der Waals surface area contributed by atoms with E-state index in [-0.39, 0.29) is 24.6 Å². The lowest BCUT2D eigenvalue weighted by Crippen LogP contribution is -2.35. The lowest BCUT2D eigenvalue weighted by Gasteiger charge is -2.11. The van der Waals surface area contributed by atoms with E-state index in [1.807, 2.05) is 6.92 Å². The topological polar surface area (TPSA) is 84.2 Å². The molecule has 1 amide bonds. The number of rotatable bonds is 6. The summed E-state index contributed by atoms with van der Waals surface area (Å²) in [5.74, 6) is -1.54. The molecule has 0 aliphatic carbocycles. The number of benzene rings is 1. The number of hydrogen-bond acceptors (Lipinski definition) is 3. The predicted molar refractivity (Wildman–Crippen MR) is 86.6 cm³/mol. The Hall–Kier alpha value is -2.70. The molecule has 0 aliphatic heterocycles. The highest BCUT2D eigenvalue weighted by Gasteiger charge is 2.17. The van der Waals surface area contributed by atoms with Gasteiger partial charge in [-0.05, 0) is 45.0 Å². The van der Waals surface area contributed by atoms with Crippen molar-refractivity contribution >= 4 is 11.9 Å². The average Bonchev–Trinajstić information content (AvgIpc) is 2.75. The number of aromatic nitrogens is 2. The van der Waals surface area contributed by atoms with E-state index < -0.39 is 12.0 Å². The zero-order valence-corrected chi connectivity index (χ0v) is 13.8. The normalized spacial score (nSPS) is 12.0. The smallest absolute Gasteiger partial charge is 0.305 e. The Morgan fingerprint density at radius 2 is 1.92 bits per heavy atom. The van der Waals surface area contributed by atoms with Crippen LogP contribution in [0.1, 0.15) is 30.3 Å². The van der Waals surface area contributed by atoms with E-state index in [0.29, 0.717) is 11.4 Å². The molecule has 128 valence electrons. The van der Waals surface area contributed by atoms with Crippen molar-refractivity contribution in [3.05, 3.63) is 47.0 Å². The van der Waals surface area contributed by atoms with Gasteiger partial charge in [0, 0.05) is 17.3 Å². The van der Waals surface area contributed by atoms with E-state index in [1.54, 1.807) is 30.7 Å². The number of carboxylic acid groups (broad SMARTS) is 1. The molecule has 2 N–H and O–H groups in total. The molecule has 1 aromatic carbocycles. The Balaban J connectivity index is 2.15. The van der Waals surface area contributed by atoms with Gasteiger partial charge in [0.05, 0.1) is 24.2 Å². The van der Waals surface area contributed by atoms with Gasteiger partial charge in [-0.2, -0.15) is 5.10 Å². The maximum absolute atomic E-state index is 13.0. The molecule has 1 heterocycles. The number of aryl methyl sites for hydroxylation is 1. The Morgan fingerprint density at radius 3 is 2.50 bits per heavy atom.